The van der Waals surface area contributed by atoms with Gasteiger partial charge >= 0.3 is 6.18 Å². The molecule has 0 aliphatic rings. The normalized spacial score (nSPS) is 11.4. The smallest absolute Gasteiger partial charge is 0.363 e. The average molecular weight is 289 g/mol. The van der Waals surface area contributed by atoms with Gasteiger partial charge < -0.3 is 10.6 Å². The first-order valence-electron chi connectivity index (χ1n) is 5.25. The van der Waals surface area contributed by atoms with E-state index >= 15 is 0 Å². The highest BCUT2D eigenvalue weighted by Crippen LogP contribution is 2.29. The third-order valence-corrected chi connectivity index (χ3v) is 2.92. The van der Waals surface area contributed by atoms with Gasteiger partial charge in [-0.3, -0.25) is 0 Å². The van der Waals surface area contributed by atoms with E-state index in [0.717, 1.165) is 11.1 Å². The van der Waals surface area contributed by atoms with Crippen LogP contribution < -0.4 is 10.6 Å². The van der Waals surface area contributed by atoms with Gasteiger partial charge in [0, 0.05) is 24.7 Å². The molecular weight excluding hydrogens is 279 g/mol. The van der Waals surface area contributed by atoms with Crippen molar-refractivity contribution in [1.82, 2.24) is 15.0 Å². The Hall–Kier alpha value is -1.90. The number of hydrogen-bond acceptors (Lipinski definition) is 6. The highest BCUT2D eigenvalue weighted by atomic mass is 32.1. The van der Waals surface area contributed by atoms with E-state index in [0.29, 0.717) is 6.54 Å². The topological polar surface area (TPSA) is 62.7 Å². The predicted octanol–water partition coefficient (Wildman–Crippen LogP) is 2.61. The molecule has 0 saturated carbocycles. The van der Waals surface area contributed by atoms with Crippen LogP contribution in [0.15, 0.2) is 17.6 Å². The van der Waals surface area contributed by atoms with Crippen molar-refractivity contribution >= 4 is 23.1 Å². The van der Waals surface area contributed by atoms with Gasteiger partial charge in [-0.1, -0.05) is 0 Å². The second kappa shape index (κ2) is 5.39. The molecule has 0 fully saturated rings. The third kappa shape index (κ3) is 3.53. The molecule has 0 amide bonds. The van der Waals surface area contributed by atoms with Crippen LogP contribution in [0.3, 0.4) is 0 Å². The number of hydrogen-bond donors (Lipinski definition) is 2. The van der Waals surface area contributed by atoms with E-state index in [9.17, 15) is 13.2 Å². The van der Waals surface area contributed by atoms with E-state index in [-0.39, 0.29) is 11.8 Å². The largest absolute Gasteiger partial charge is 0.433 e. The van der Waals surface area contributed by atoms with Gasteiger partial charge in [0.2, 0.25) is 5.95 Å². The molecule has 0 atom stereocenters. The first kappa shape index (κ1) is 13.5. The number of anilines is 2. The van der Waals surface area contributed by atoms with Gasteiger partial charge in [-0.05, 0) is 0 Å². The van der Waals surface area contributed by atoms with Crippen LogP contribution in [-0.4, -0.2) is 22.0 Å². The van der Waals surface area contributed by atoms with Gasteiger partial charge in [-0.15, -0.1) is 11.3 Å². The predicted molar refractivity (Wildman–Crippen MR) is 66.0 cm³/mol. The zero-order chi connectivity index (χ0) is 13.9. The van der Waals surface area contributed by atoms with Crippen molar-refractivity contribution in [2.24, 2.45) is 0 Å². The summed E-state index contributed by atoms with van der Waals surface area (Å²) < 4.78 is 37.9. The third-order valence-electron chi connectivity index (χ3n) is 2.14. The number of halogens is 3. The van der Waals surface area contributed by atoms with Gasteiger partial charge in [0.1, 0.15) is 10.8 Å². The molecule has 0 spiro atoms. The second-order valence-electron chi connectivity index (χ2n) is 3.49. The van der Waals surface area contributed by atoms with Gasteiger partial charge in [0.15, 0.2) is 5.69 Å². The van der Waals surface area contributed by atoms with E-state index in [4.69, 9.17) is 0 Å². The van der Waals surface area contributed by atoms with Crippen LogP contribution >= 0.6 is 11.3 Å². The summed E-state index contributed by atoms with van der Waals surface area (Å²) >= 11 is 1.41. The van der Waals surface area contributed by atoms with Crippen molar-refractivity contribution in [3.8, 4) is 0 Å². The fourth-order valence-electron chi connectivity index (χ4n) is 1.30. The molecule has 0 saturated heterocycles. The summed E-state index contributed by atoms with van der Waals surface area (Å²) in [5.74, 6) is 0.0124. The van der Waals surface area contributed by atoms with E-state index in [2.05, 4.69) is 25.6 Å². The number of rotatable bonds is 4. The van der Waals surface area contributed by atoms with Crippen molar-refractivity contribution in [2.45, 2.75) is 12.7 Å². The minimum atomic E-state index is -4.51. The van der Waals surface area contributed by atoms with E-state index in [1.54, 1.807) is 11.6 Å². The molecule has 0 bridgehead atoms. The zero-order valence-electron chi connectivity index (χ0n) is 9.82. The molecule has 5 nitrogen and oxygen atoms in total. The Labute approximate surface area is 110 Å². The van der Waals surface area contributed by atoms with Crippen LogP contribution in [-0.2, 0) is 12.7 Å². The molecule has 2 N–H and O–H groups in total. The van der Waals surface area contributed by atoms with Crippen LogP contribution in [0.2, 0.25) is 0 Å². The zero-order valence-corrected chi connectivity index (χ0v) is 10.6. The molecule has 0 aliphatic carbocycles. The Balaban J connectivity index is 2.19. The SMILES string of the molecule is CNc1nc(NCc2nccs2)cc(C(F)(F)F)n1. The lowest BCUT2D eigenvalue weighted by atomic mass is 10.3. The maximum Gasteiger partial charge on any atom is 0.433 e. The highest BCUT2D eigenvalue weighted by molar-refractivity contribution is 7.09. The highest BCUT2D eigenvalue weighted by Gasteiger charge is 2.33. The quantitative estimate of drug-likeness (QED) is 0.906. The monoisotopic (exact) mass is 289 g/mol. The lowest BCUT2D eigenvalue weighted by Crippen LogP contribution is -2.13. The van der Waals surface area contributed by atoms with Crippen molar-refractivity contribution in [1.29, 1.82) is 0 Å². The molecule has 0 unspecified atom stereocenters. The number of nitrogens with zero attached hydrogens (tertiary/aromatic N) is 3. The minimum Gasteiger partial charge on any atom is -0.363 e. The molecule has 19 heavy (non-hydrogen) atoms. The summed E-state index contributed by atoms with van der Waals surface area (Å²) in [6.45, 7) is 0.315. The summed E-state index contributed by atoms with van der Waals surface area (Å²) in [4.78, 5) is 11.3. The molecule has 2 aromatic rings. The number of aromatic nitrogens is 3. The second-order valence-corrected chi connectivity index (χ2v) is 4.47. The molecule has 0 aromatic carbocycles. The maximum absolute atomic E-state index is 12.6. The summed E-state index contributed by atoms with van der Waals surface area (Å²) in [5.41, 5.74) is -0.992. The molecule has 102 valence electrons. The average Bonchev–Trinajstić information content (AvgIpc) is 2.88. The van der Waals surface area contributed by atoms with Gasteiger partial charge in [-0.25, -0.2) is 9.97 Å². The Bertz CT molecular complexity index is 541. The number of alkyl halides is 3. The molecular formula is C10H10F3N5S. The Morgan fingerprint density at radius 3 is 2.68 bits per heavy atom. The number of nitrogens with one attached hydrogen (secondary N) is 2. The van der Waals surface area contributed by atoms with Crippen molar-refractivity contribution in [2.75, 3.05) is 17.7 Å². The first-order chi connectivity index (χ1) is 8.99. The van der Waals surface area contributed by atoms with E-state index < -0.39 is 11.9 Å². The molecule has 2 rings (SSSR count). The lowest BCUT2D eigenvalue weighted by Gasteiger charge is -2.10. The lowest BCUT2D eigenvalue weighted by molar-refractivity contribution is -0.141. The van der Waals surface area contributed by atoms with E-state index in [1.807, 2.05) is 0 Å². The Kier molecular flexibility index (Phi) is 3.84. The van der Waals surface area contributed by atoms with Crippen molar-refractivity contribution in [3.63, 3.8) is 0 Å². The van der Waals surface area contributed by atoms with Crippen LogP contribution in [0.4, 0.5) is 24.9 Å². The standard InChI is InChI=1S/C10H10F3N5S/c1-14-9-17-6(10(11,12)13)4-7(18-9)16-5-8-15-2-3-19-8/h2-4H,5H2,1H3,(H2,14,16,17,18). The van der Waals surface area contributed by atoms with Gasteiger partial charge in [0.05, 0.1) is 6.54 Å². The fraction of sp³-hybridized carbons (Fsp3) is 0.300. The summed E-state index contributed by atoms with van der Waals surface area (Å²) in [7, 11) is 1.46. The van der Waals surface area contributed by atoms with Crippen LogP contribution in [0, 0.1) is 0 Å². The van der Waals surface area contributed by atoms with Crippen molar-refractivity contribution in [3.05, 3.63) is 28.3 Å². The van der Waals surface area contributed by atoms with Crippen molar-refractivity contribution < 1.29 is 13.2 Å². The fourth-order valence-corrected chi connectivity index (χ4v) is 1.86. The Morgan fingerprint density at radius 1 is 1.32 bits per heavy atom. The van der Waals surface area contributed by atoms with Crippen LogP contribution in [0.25, 0.3) is 0 Å². The van der Waals surface area contributed by atoms with Crippen LogP contribution in [0.1, 0.15) is 10.7 Å². The molecule has 0 radical (unpaired) electrons. The Morgan fingerprint density at radius 2 is 2.11 bits per heavy atom. The first-order valence-corrected chi connectivity index (χ1v) is 6.13. The minimum absolute atomic E-state index is 0.0866. The van der Waals surface area contributed by atoms with Gasteiger partial charge in [0.25, 0.3) is 0 Å². The summed E-state index contributed by atoms with van der Waals surface area (Å²) in [6.07, 6.45) is -2.88. The molecule has 9 heteroatoms. The molecule has 2 heterocycles. The van der Waals surface area contributed by atoms with Gasteiger partial charge in [-0.2, -0.15) is 18.2 Å². The van der Waals surface area contributed by atoms with Crippen LogP contribution in [0.5, 0.6) is 0 Å². The van der Waals surface area contributed by atoms with E-state index in [1.165, 1.54) is 18.4 Å². The molecule has 0 aliphatic heterocycles. The summed E-state index contributed by atoms with van der Waals surface area (Å²) in [5, 5.41) is 7.84. The number of thiazole rings is 1. The molecule has 2 aromatic heterocycles. The summed E-state index contributed by atoms with van der Waals surface area (Å²) in [6, 6.07) is 0.869. The maximum atomic E-state index is 12.6.